The van der Waals surface area contributed by atoms with E-state index >= 15 is 0 Å². The number of hydrogen-bond donors (Lipinski definition) is 3. The molecule has 2 fully saturated rings. The highest BCUT2D eigenvalue weighted by molar-refractivity contribution is 8.00. The lowest BCUT2D eigenvalue weighted by atomic mass is 9.89. The van der Waals surface area contributed by atoms with E-state index in [0.29, 0.717) is 5.16 Å². The smallest absolute Gasteiger partial charge is 0.313 e. The van der Waals surface area contributed by atoms with E-state index in [0.717, 1.165) is 16.9 Å². The van der Waals surface area contributed by atoms with Gasteiger partial charge in [0.1, 0.15) is 29.1 Å². The zero-order valence-electron chi connectivity index (χ0n) is 20.5. The second-order valence-electron chi connectivity index (χ2n) is 8.85. The molecule has 5 rings (SSSR count). The number of carbonyl (C=O) groups excluding carboxylic acids is 2. The normalized spacial score (nSPS) is 22.6. The molecule has 2 aromatic heterocycles. The number of tetrazole rings is 1. The van der Waals surface area contributed by atoms with Gasteiger partial charge in [0, 0.05) is 30.5 Å². The maximum absolute atomic E-state index is 13.2. The van der Waals surface area contributed by atoms with Crippen molar-refractivity contribution in [1.82, 2.24) is 35.4 Å². The molecule has 0 spiro atoms. The van der Waals surface area contributed by atoms with E-state index in [4.69, 9.17) is 10.6 Å². The van der Waals surface area contributed by atoms with Crippen LogP contribution in [0.15, 0.2) is 46.0 Å². The van der Waals surface area contributed by atoms with Crippen molar-refractivity contribution in [3.05, 3.63) is 47.0 Å². The molecule has 3 aromatic rings. The van der Waals surface area contributed by atoms with Crippen molar-refractivity contribution >= 4 is 63.5 Å². The number of thioether (sulfide) groups is 2. The average Bonchev–Trinajstić information content (AvgIpc) is 3.56. The predicted molar refractivity (Wildman–Crippen MR) is 144 cm³/mol. The van der Waals surface area contributed by atoms with E-state index in [1.807, 2.05) is 30.3 Å². The SMILES string of the molecule is Cn1nnnc1SCC1(C(=O)O)CS[C@@H]2C(NC(=O)C(=NOCc3ccccc3)c3csc(N)n3)C(=O)N2C1. The van der Waals surface area contributed by atoms with Crippen molar-refractivity contribution in [2.75, 3.05) is 23.8 Å². The number of fused-ring (bicyclic) bond motifs is 1. The lowest BCUT2D eigenvalue weighted by molar-refractivity contribution is -0.157. The molecular weight excluding hydrogens is 567 g/mol. The molecule has 17 heteroatoms. The number of carbonyl (C=O) groups is 3. The molecule has 39 heavy (non-hydrogen) atoms. The maximum atomic E-state index is 13.2. The number of thiazole rings is 1. The van der Waals surface area contributed by atoms with Crippen LogP contribution in [0.1, 0.15) is 11.3 Å². The average molecular weight is 590 g/mol. The van der Waals surface area contributed by atoms with Gasteiger partial charge in [-0.2, -0.15) is 0 Å². The van der Waals surface area contributed by atoms with Gasteiger partial charge in [0.25, 0.3) is 5.91 Å². The van der Waals surface area contributed by atoms with Gasteiger partial charge < -0.3 is 25.9 Å². The molecule has 2 aliphatic heterocycles. The number of carboxylic acids is 1. The Bertz CT molecular complexity index is 1410. The minimum absolute atomic E-state index is 0.00718. The number of amides is 2. The van der Waals surface area contributed by atoms with Gasteiger partial charge in [0.05, 0.1) is 0 Å². The number of β-lactam (4-membered cyclic amide) rings is 1. The van der Waals surface area contributed by atoms with Crippen LogP contribution in [0.3, 0.4) is 0 Å². The fraction of sp³-hybridized carbons (Fsp3) is 0.364. The summed E-state index contributed by atoms with van der Waals surface area (Å²) >= 11 is 3.66. The number of benzene rings is 1. The summed E-state index contributed by atoms with van der Waals surface area (Å²) in [5, 5.41) is 29.9. The van der Waals surface area contributed by atoms with Gasteiger partial charge in [0.2, 0.25) is 11.1 Å². The summed E-state index contributed by atoms with van der Waals surface area (Å²) in [6, 6.07) is 8.46. The Labute approximate surface area is 234 Å². The Morgan fingerprint density at radius 1 is 1.36 bits per heavy atom. The van der Waals surface area contributed by atoms with Crippen LogP contribution in [0.2, 0.25) is 0 Å². The molecule has 0 saturated carbocycles. The standard InChI is InChI=1S/C22H23N9O5S3/c1-30-21(26-28-29-30)39-11-22(19(34)35)9-31-17(33)15(18(31)38-10-22)25-16(32)14(13-8-37-20(23)24-13)27-36-7-12-5-3-2-4-6-12/h2-6,8,15,18H,7,9-11H2,1H3,(H2,23,24)(H,25,32)(H,34,35)/t15?,18-,22?/m1/s1. The van der Waals surface area contributed by atoms with E-state index in [-0.39, 0.29) is 47.1 Å². The Morgan fingerprint density at radius 3 is 2.82 bits per heavy atom. The van der Waals surface area contributed by atoms with Gasteiger partial charge in [0.15, 0.2) is 10.8 Å². The number of nitrogens with two attached hydrogens (primary N) is 1. The van der Waals surface area contributed by atoms with Crippen LogP contribution in [0.5, 0.6) is 0 Å². The lowest BCUT2D eigenvalue weighted by Gasteiger charge is -2.53. The molecule has 0 radical (unpaired) electrons. The molecule has 2 saturated heterocycles. The molecule has 2 aliphatic rings. The van der Waals surface area contributed by atoms with Crippen LogP contribution >= 0.6 is 34.9 Å². The van der Waals surface area contributed by atoms with Crippen molar-refractivity contribution in [3.63, 3.8) is 0 Å². The molecule has 4 N–H and O–H groups in total. The quantitative estimate of drug-likeness (QED) is 0.128. The zero-order chi connectivity index (χ0) is 27.6. The monoisotopic (exact) mass is 589 g/mol. The number of nitrogens with zero attached hydrogens (tertiary/aromatic N) is 7. The predicted octanol–water partition coefficient (Wildman–Crippen LogP) is 0.433. The molecule has 0 bridgehead atoms. The molecular formula is C22H23N9O5S3. The lowest BCUT2D eigenvalue weighted by Crippen LogP contribution is -2.74. The fourth-order valence-electron chi connectivity index (χ4n) is 4.01. The first kappa shape index (κ1) is 26.9. The third-order valence-corrected chi connectivity index (χ3v) is 9.72. The van der Waals surface area contributed by atoms with Gasteiger partial charge in [-0.1, -0.05) is 47.2 Å². The van der Waals surface area contributed by atoms with E-state index < -0.39 is 28.7 Å². The van der Waals surface area contributed by atoms with Crippen LogP contribution < -0.4 is 11.1 Å². The van der Waals surface area contributed by atoms with Gasteiger partial charge in [-0.25, -0.2) is 9.67 Å². The second kappa shape index (κ2) is 11.2. The summed E-state index contributed by atoms with van der Waals surface area (Å²) in [7, 11) is 1.66. The summed E-state index contributed by atoms with van der Waals surface area (Å²) < 4.78 is 1.46. The van der Waals surface area contributed by atoms with Crippen LogP contribution in [-0.4, -0.2) is 88.2 Å². The largest absolute Gasteiger partial charge is 0.481 e. The first-order valence-corrected chi connectivity index (χ1v) is 14.5. The summed E-state index contributed by atoms with van der Waals surface area (Å²) in [4.78, 5) is 49.6. The van der Waals surface area contributed by atoms with E-state index in [1.54, 1.807) is 12.4 Å². The first-order valence-electron chi connectivity index (χ1n) is 11.5. The number of rotatable bonds is 10. The van der Waals surface area contributed by atoms with Gasteiger partial charge in [-0.05, 0) is 16.0 Å². The third-order valence-electron chi connectivity index (χ3n) is 6.15. The van der Waals surface area contributed by atoms with Crippen LogP contribution in [0.25, 0.3) is 0 Å². The van der Waals surface area contributed by atoms with Crippen molar-refractivity contribution in [3.8, 4) is 0 Å². The second-order valence-corrected chi connectivity index (χ2v) is 11.8. The number of nitrogens with one attached hydrogen (secondary N) is 1. The minimum atomic E-state index is -1.20. The molecule has 3 atom stereocenters. The molecule has 2 unspecified atom stereocenters. The Kier molecular flexibility index (Phi) is 7.72. The van der Waals surface area contributed by atoms with Gasteiger partial charge in [-0.15, -0.1) is 28.2 Å². The Balaban J connectivity index is 1.25. The Morgan fingerprint density at radius 2 is 2.15 bits per heavy atom. The molecule has 1 aromatic carbocycles. The molecule has 204 valence electrons. The summed E-state index contributed by atoms with van der Waals surface area (Å²) in [5.41, 5.74) is 5.53. The number of aliphatic carboxylic acids is 1. The minimum Gasteiger partial charge on any atom is -0.481 e. The first-order chi connectivity index (χ1) is 18.8. The number of nitrogen functional groups attached to an aromatic ring is 1. The third kappa shape index (κ3) is 5.55. The van der Waals surface area contributed by atoms with E-state index in [2.05, 4.69) is 31.0 Å². The van der Waals surface area contributed by atoms with Crippen LogP contribution in [0, 0.1) is 5.41 Å². The summed E-state index contributed by atoms with van der Waals surface area (Å²) in [6.45, 7) is 0.138. The number of oxime groups is 1. The highest BCUT2D eigenvalue weighted by Gasteiger charge is 2.57. The summed E-state index contributed by atoms with van der Waals surface area (Å²) in [6.07, 6.45) is 0. The van der Waals surface area contributed by atoms with E-state index in [9.17, 15) is 19.5 Å². The number of aryl methyl sites for hydroxylation is 1. The van der Waals surface area contributed by atoms with Crippen LogP contribution in [0.4, 0.5) is 5.13 Å². The van der Waals surface area contributed by atoms with Crippen molar-refractivity contribution in [2.45, 2.75) is 23.2 Å². The highest BCUT2D eigenvalue weighted by Crippen LogP contribution is 2.44. The zero-order valence-corrected chi connectivity index (χ0v) is 22.9. The molecule has 14 nitrogen and oxygen atoms in total. The van der Waals surface area contributed by atoms with Gasteiger partial charge in [-0.3, -0.25) is 14.4 Å². The van der Waals surface area contributed by atoms with Crippen molar-refractivity contribution in [2.24, 2.45) is 17.6 Å². The van der Waals surface area contributed by atoms with Crippen molar-refractivity contribution < 1.29 is 24.3 Å². The topological polar surface area (TPSA) is 191 Å². The highest BCUT2D eigenvalue weighted by atomic mass is 32.2. The number of carboxylic acid groups (broad SMARTS) is 1. The molecule has 4 heterocycles. The molecule has 0 aliphatic carbocycles. The van der Waals surface area contributed by atoms with Crippen LogP contribution in [-0.2, 0) is 32.9 Å². The number of hydrogen-bond acceptors (Lipinski definition) is 13. The van der Waals surface area contributed by atoms with Gasteiger partial charge >= 0.3 is 5.97 Å². The van der Waals surface area contributed by atoms with Crippen molar-refractivity contribution in [1.29, 1.82) is 0 Å². The summed E-state index contributed by atoms with van der Waals surface area (Å²) in [5.74, 6) is -1.61. The maximum Gasteiger partial charge on any atom is 0.313 e. The Hall–Kier alpha value is -3.70. The fourth-order valence-corrected chi connectivity index (χ4v) is 7.27. The number of aromatic nitrogens is 5. The van der Waals surface area contributed by atoms with E-state index in [1.165, 1.54) is 33.1 Å². The molecule has 2 amide bonds. The number of anilines is 1.